The second kappa shape index (κ2) is 11.7. The first-order valence-electron chi connectivity index (χ1n) is 11.7. The van der Waals surface area contributed by atoms with Crippen LogP contribution in [0.25, 0.3) is 0 Å². The Morgan fingerprint density at radius 1 is 1.06 bits per heavy atom. The van der Waals surface area contributed by atoms with Gasteiger partial charge < -0.3 is 20.1 Å². The molecule has 1 fully saturated rings. The molecule has 182 valence electrons. The number of carboxylic acids is 1. The lowest BCUT2D eigenvalue weighted by molar-refractivity contribution is -0.134. The zero-order chi connectivity index (χ0) is 24.6. The second-order valence-corrected chi connectivity index (χ2v) is 9.42. The summed E-state index contributed by atoms with van der Waals surface area (Å²) in [6.07, 6.45) is 2.40. The van der Waals surface area contributed by atoms with Gasteiger partial charge in [-0.1, -0.05) is 48.5 Å². The van der Waals surface area contributed by atoms with E-state index in [-0.39, 0.29) is 36.3 Å². The van der Waals surface area contributed by atoms with Crippen molar-refractivity contribution in [2.24, 2.45) is 0 Å². The number of para-hydroxylation sites is 1. The molecule has 2 amide bonds. The quantitative estimate of drug-likeness (QED) is 0.447. The van der Waals surface area contributed by atoms with Crippen LogP contribution in [-0.2, 0) is 16.0 Å². The van der Waals surface area contributed by atoms with E-state index in [9.17, 15) is 19.5 Å². The summed E-state index contributed by atoms with van der Waals surface area (Å²) in [6, 6.07) is 18.9. The smallest absolute Gasteiger partial charge is 0.338 e. The fraction of sp³-hybridized carbons (Fsp3) is 0.296. The van der Waals surface area contributed by atoms with Gasteiger partial charge in [-0.05, 0) is 37.0 Å². The number of amides is 2. The first-order chi connectivity index (χ1) is 17.0. The number of nitrogens with one attached hydrogen (secondary N) is 1. The van der Waals surface area contributed by atoms with Crippen LogP contribution in [0.5, 0.6) is 5.75 Å². The van der Waals surface area contributed by atoms with Crippen molar-refractivity contribution in [2.45, 2.75) is 31.6 Å². The van der Waals surface area contributed by atoms with Crippen LogP contribution in [0.4, 0.5) is 5.69 Å². The minimum atomic E-state index is -1.07. The van der Waals surface area contributed by atoms with E-state index in [0.29, 0.717) is 35.8 Å². The third-order valence-electron chi connectivity index (χ3n) is 6.04. The number of hydrogen-bond acceptors (Lipinski definition) is 5. The van der Waals surface area contributed by atoms with E-state index in [4.69, 9.17) is 4.74 Å². The van der Waals surface area contributed by atoms with Gasteiger partial charge in [0.1, 0.15) is 5.75 Å². The summed E-state index contributed by atoms with van der Waals surface area (Å²) >= 11 is 1.33. The Balaban J connectivity index is 1.39. The Morgan fingerprint density at radius 2 is 1.77 bits per heavy atom. The standard InChI is InChI=1S/C27H28N2O5S/c30-23(14-13-19-8-3-1-4-9-19)28-22-18-35-26(25(22)27(32)33)20-10-7-15-29(16-20)24(31)17-34-21-11-5-2-6-12-21/h1-6,8-9,11-12,18,20H,7,10,13-17H2,(H,28,30)(H,32,33). The number of carbonyl (C=O) groups is 3. The van der Waals surface area contributed by atoms with Crippen LogP contribution in [0, 0.1) is 0 Å². The number of thiophene rings is 1. The van der Waals surface area contributed by atoms with Gasteiger partial charge in [-0.3, -0.25) is 9.59 Å². The number of anilines is 1. The second-order valence-electron chi connectivity index (χ2n) is 8.51. The van der Waals surface area contributed by atoms with E-state index in [1.807, 2.05) is 48.5 Å². The maximum absolute atomic E-state index is 12.7. The minimum Gasteiger partial charge on any atom is -0.484 e. The summed E-state index contributed by atoms with van der Waals surface area (Å²) < 4.78 is 5.60. The van der Waals surface area contributed by atoms with Gasteiger partial charge in [0, 0.05) is 35.7 Å². The predicted molar refractivity (Wildman–Crippen MR) is 135 cm³/mol. The van der Waals surface area contributed by atoms with Gasteiger partial charge >= 0.3 is 5.97 Å². The molecule has 7 nitrogen and oxygen atoms in total. The number of piperidine rings is 1. The molecular formula is C27H28N2O5S. The normalized spacial score (nSPS) is 15.4. The predicted octanol–water partition coefficient (Wildman–Crippen LogP) is 4.80. The number of ether oxygens (including phenoxy) is 1. The van der Waals surface area contributed by atoms with Crippen LogP contribution in [0.15, 0.2) is 66.0 Å². The summed E-state index contributed by atoms with van der Waals surface area (Å²) in [5.41, 5.74) is 1.50. The van der Waals surface area contributed by atoms with E-state index in [2.05, 4.69) is 5.32 Å². The largest absolute Gasteiger partial charge is 0.484 e. The van der Waals surface area contributed by atoms with Crippen LogP contribution in [0.3, 0.4) is 0 Å². The molecule has 0 spiro atoms. The summed E-state index contributed by atoms with van der Waals surface area (Å²) in [7, 11) is 0. The van der Waals surface area contributed by atoms with Crippen molar-refractivity contribution in [3.63, 3.8) is 0 Å². The Morgan fingerprint density at radius 3 is 2.49 bits per heavy atom. The van der Waals surface area contributed by atoms with Crippen molar-refractivity contribution >= 4 is 34.8 Å². The number of benzene rings is 2. The molecule has 1 atom stereocenters. The minimum absolute atomic E-state index is 0.0598. The van der Waals surface area contributed by atoms with Gasteiger partial charge in [-0.25, -0.2) is 4.79 Å². The highest BCUT2D eigenvalue weighted by Crippen LogP contribution is 2.38. The lowest BCUT2D eigenvalue weighted by Gasteiger charge is -2.32. The van der Waals surface area contributed by atoms with Gasteiger partial charge in [0.05, 0.1) is 11.3 Å². The average molecular weight is 493 g/mol. The number of hydrogen-bond donors (Lipinski definition) is 2. The molecule has 1 aliphatic rings. The third kappa shape index (κ3) is 6.48. The van der Waals surface area contributed by atoms with Crippen molar-refractivity contribution in [2.75, 3.05) is 25.0 Å². The summed E-state index contributed by atoms with van der Waals surface area (Å²) in [5.74, 6) is -0.889. The zero-order valence-electron chi connectivity index (χ0n) is 19.3. The van der Waals surface area contributed by atoms with Crippen molar-refractivity contribution in [1.29, 1.82) is 0 Å². The fourth-order valence-electron chi connectivity index (χ4n) is 4.27. The summed E-state index contributed by atoms with van der Waals surface area (Å²) in [5, 5.41) is 14.4. The molecule has 1 unspecified atom stereocenters. The number of likely N-dealkylation sites (tertiary alicyclic amines) is 1. The average Bonchev–Trinajstić information content (AvgIpc) is 3.31. The molecule has 0 radical (unpaired) electrons. The van der Waals surface area contributed by atoms with Crippen LogP contribution < -0.4 is 10.1 Å². The molecule has 3 aromatic rings. The Kier molecular flexibility index (Phi) is 8.15. The van der Waals surface area contributed by atoms with Crippen molar-refractivity contribution < 1.29 is 24.2 Å². The molecule has 8 heteroatoms. The molecule has 1 saturated heterocycles. The fourth-order valence-corrected chi connectivity index (χ4v) is 5.39. The molecule has 1 aromatic heterocycles. The number of nitrogens with zero attached hydrogens (tertiary/aromatic N) is 1. The molecule has 0 aliphatic carbocycles. The van der Waals surface area contributed by atoms with Crippen molar-refractivity contribution in [3.8, 4) is 5.75 Å². The highest BCUT2D eigenvalue weighted by molar-refractivity contribution is 7.11. The Hall–Kier alpha value is -3.65. The first-order valence-corrected chi connectivity index (χ1v) is 12.5. The lowest BCUT2D eigenvalue weighted by atomic mass is 9.93. The first kappa shape index (κ1) is 24.5. The molecule has 0 saturated carbocycles. The molecule has 1 aliphatic heterocycles. The highest BCUT2D eigenvalue weighted by atomic mass is 32.1. The molecule has 2 N–H and O–H groups in total. The monoisotopic (exact) mass is 492 g/mol. The molecule has 4 rings (SSSR count). The number of aryl methyl sites for hydroxylation is 1. The maximum Gasteiger partial charge on any atom is 0.338 e. The topological polar surface area (TPSA) is 95.9 Å². The lowest BCUT2D eigenvalue weighted by Crippen LogP contribution is -2.41. The van der Waals surface area contributed by atoms with Crippen LogP contribution in [-0.4, -0.2) is 47.5 Å². The number of carbonyl (C=O) groups excluding carboxylic acids is 2. The number of rotatable bonds is 9. The zero-order valence-corrected chi connectivity index (χ0v) is 20.1. The van der Waals surface area contributed by atoms with Crippen molar-refractivity contribution in [3.05, 3.63) is 82.0 Å². The van der Waals surface area contributed by atoms with E-state index in [1.165, 1.54) is 11.3 Å². The van der Waals surface area contributed by atoms with E-state index < -0.39 is 5.97 Å². The van der Waals surface area contributed by atoms with Gasteiger partial charge in [0.15, 0.2) is 6.61 Å². The summed E-state index contributed by atoms with van der Waals surface area (Å²) in [6.45, 7) is 0.985. The van der Waals surface area contributed by atoms with E-state index in [0.717, 1.165) is 18.4 Å². The number of carboxylic acid groups (broad SMARTS) is 1. The van der Waals surface area contributed by atoms with E-state index in [1.54, 1.807) is 22.4 Å². The summed E-state index contributed by atoms with van der Waals surface area (Å²) in [4.78, 5) is 39.8. The van der Waals surface area contributed by atoms with Crippen molar-refractivity contribution in [1.82, 2.24) is 4.90 Å². The molecule has 35 heavy (non-hydrogen) atoms. The Labute approximate surface area is 208 Å². The number of aromatic carboxylic acids is 1. The van der Waals surface area contributed by atoms with Gasteiger partial charge in [0.2, 0.25) is 5.91 Å². The highest BCUT2D eigenvalue weighted by Gasteiger charge is 2.31. The molecule has 2 heterocycles. The Bertz CT molecular complexity index is 1160. The van der Waals surface area contributed by atoms with Gasteiger partial charge in [-0.15, -0.1) is 11.3 Å². The van der Waals surface area contributed by atoms with Crippen LogP contribution >= 0.6 is 11.3 Å². The van der Waals surface area contributed by atoms with E-state index >= 15 is 0 Å². The van der Waals surface area contributed by atoms with Gasteiger partial charge in [-0.2, -0.15) is 0 Å². The van der Waals surface area contributed by atoms with Crippen LogP contribution in [0.1, 0.15) is 46.0 Å². The maximum atomic E-state index is 12.7. The molecule has 0 bridgehead atoms. The third-order valence-corrected chi connectivity index (χ3v) is 7.19. The van der Waals surface area contributed by atoms with Gasteiger partial charge in [0.25, 0.3) is 5.91 Å². The van der Waals surface area contributed by atoms with Crippen LogP contribution in [0.2, 0.25) is 0 Å². The molecular weight excluding hydrogens is 464 g/mol. The SMILES string of the molecule is O=C(CCc1ccccc1)Nc1csc(C2CCCN(C(=O)COc3ccccc3)C2)c1C(=O)O. The molecule has 2 aromatic carbocycles.